The van der Waals surface area contributed by atoms with Crippen LogP contribution in [0.25, 0.3) is 5.69 Å². The highest BCUT2D eigenvalue weighted by atomic mass is 35.5. The third-order valence-electron chi connectivity index (χ3n) is 9.20. The highest BCUT2D eigenvalue weighted by Gasteiger charge is 2.46. The molecule has 0 spiro atoms. The average Bonchev–Trinajstić information content (AvgIpc) is 3.89. The van der Waals surface area contributed by atoms with Crippen LogP contribution in [0.2, 0.25) is 10.0 Å². The van der Waals surface area contributed by atoms with Crippen molar-refractivity contribution in [3.05, 3.63) is 111 Å². The highest BCUT2D eigenvalue weighted by molar-refractivity contribution is 6.35. The second-order valence-electron chi connectivity index (χ2n) is 12.4. The summed E-state index contributed by atoms with van der Waals surface area (Å²) in [6.45, 7) is 7.36. The van der Waals surface area contributed by atoms with Crippen molar-refractivity contribution >= 4 is 34.6 Å². The molecule has 7 rings (SSSR count). The van der Waals surface area contributed by atoms with Gasteiger partial charge >= 0.3 is 5.69 Å². The van der Waals surface area contributed by atoms with Gasteiger partial charge in [-0.05, 0) is 61.9 Å². The van der Waals surface area contributed by atoms with Gasteiger partial charge in [-0.25, -0.2) is 18.4 Å². The van der Waals surface area contributed by atoms with Gasteiger partial charge in [0.1, 0.15) is 25.6 Å². The topological polar surface area (TPSA) is 105 Å². The van der Waals surface area contributed by atoms with Gasteiger partial charge in [0.25, 0.3) is 0 Å². The SMILES string of the molecule is CCC(C)n1ncn(-c2ccc(N3CCN(c4ccc(OCC5COC(Cn6nccn6)(c6ccc(Cl)cc6Cl)O5)c(F)c4)CC3)cc2)c1=O. The summed E-state index contributed by atoms with van der Waals surface area (Å²) in [4.78, 5) is 18.7. The Balaban J connectivity index is 0.947. The fraction of sp³-hybridized carbons (Fsp3) is 0.371. The van der Waals surface area contributed by atoms with E-state index in [2.05, 4.69) is 25.1 Å². The summed E-state index contributed by atoms with van der Waals surface area (Å²) in [7, 11) is 0. The van der Waals surface area contributed by atoms with Gasteiger partial charge < -0.3 is 24.0 Å². The zero-order chi connectivity index (χ0) is 34.8. The molecule has 12 nitrogen and oxygen atoms in total. The van der Waals surface area contributed by atoms with Gasteiger partial charge in [0.2, 0.25) is 5.79 Å². The third-order valence-corrected chi connectivity index (χ3v) is 9.74. The van der Waals surface area contributed by atoms with E-state index in [0.717, 1.165) is 49.7 Å². The first-order chi connectivity index (χ1) is 24.2. The molecule has 3 unspecified atom stereocenters. The molecule has 2 aromatic heterocycles. The first-order valence-electron chi connectivity index (χ1n) is 16.5. The van der Waals surface area contributed by atoms with Crippen molar-refractivity contribution in [2.24, 2.45) is 0 Å². The minimum atomic E-state index is -1.28. The summed E-state index contributed by atoms with van der Waals surface area (Å²) in [5.74, 6) is -1.61. The molecule has 4 heterocycles. The summed E-state index contributed by atoms with van der Waals surface area (Å²) in [6.07, 6.45) is 5.01. The first-order valence-corrected chi connectivity index (χ1v) is 17.3. The minimum absolute atomic E-state index is 0.0398. The van der Waals surface area contributed by atoms with E-state index < -0.39 is 17.7 Å². The zero-order valence-electron chi connectivity index (χ0n) is 27.7. The number of piperazine rings is 1. The van der Waals surface area contributed by atoms with Gasteiger partial charge in [-0.1, -0.05) is 36.2 Å². The van der Waals surface area contributed by atoms with Crippen molar-refractivity contribution in [3.63, 3.8) is 0 Å². The molecule has 2 aliphatic rings. The third kappa shape index (κ3) is 6.95. The number of rotatable bonds is 11. The van der Waals surface area contributed by atoms with Crippen LogP contribution < -0.4 is 20.2 Å². The quantitative estimate of drug-likeness (QED) is 0.169. The fourth-order valence-corrected chi connectivity index (χ4v) is 6.82. The molecule has 5 aromatic rings. The van der Waals surface area contributed by atoms with Crippen LogP contribution in [-0.4, -0.2) is 74.8 Å². The van der Waals surface area contributed by atoms with Crippen LogP contribution in [-0.2, 0) is 21.8 Å². The zero-order valence-corrected chi connectivity index (χ0v) is 29.2. The van der Waals surface area contributed by atoms with Crippen LogP contribution in [0.3, 0.4) is 0 Å². The Morgan fingerprint density at radius 3 is 2.30 bits per heavy atom. The van der Waals surface area contributed by atoms with Crippen LogP contribution in [0, 0.1) is 5.82 Å². The van der Waals surface area contributed by atoms with Crippen LogP contribution in [0.5, 0.6) is 5.75 Å². The van der Waals surface area contributed by atoms with Crippen LogP contribution in [0.4, 0.5) is 15.8 Å². The molecule has 0 radical (unpaired) electrons. The lowest BCUT2D eigenvalue weighted by Crippen LogP contribution is -2.46. The number of nitrogens with zero attached hydrogens (tertiary/aromatic N) is 8. The maximum Gasteiger partial charge on any atom is 0.350 e. The maximum atomic E-state index is 15.3. The second kappa shape index (κ2) is 14.4. The fourth-order valence-electron chi connectivity index (χ4n) is 6.27. The number of hydrogen-bond acceptors (Lipinski definition) is 9. The summed E-state index contributed by atoms with van der Waals surface area (Å²) >= 11 is 12.7. The van der Waals surface area contributed by atoms with Gasteiger partial charge in [0, 0.05) is 54.2 Å². The summed E-state index contributed by atoms with van der Waals surface area (Å²) in [5, 5.41) is 13.5. The molecule has 15 heteroatoms. The minimum Gasteiger partial charge on any atom is -0.488 e. The monoisotopic (exact) mass is 722 g/mol. The molecule has 2 saturated heterocycles. The number of aromatic nitrogens is 6. The van der Waals surface area contributed by atoms with Gasteiger partial charge in [0.15, 0.2) is 11.6 Å². The summed E-state index contributed by atoms with van der Waals surface area (Å²) < 4.78 is 36.9. The Labute approximate surface area is 298 Å². The van der Waals surface area contributed by atoms with Gasteiger partial charge in [-0.2, -0.15) is 20.1 Å². The lowest BCUT2D eigenvalue weighted by molar-refractivity contribution is -0.192. The van der Waals surface area contributed by atoms with Crippen molar-refractivity contribution in [2.75, 3.05) is 49.2 Å². The average molecular weight is 724 g/mol. The normalized spacial score (nSPS) is 20.0. The molecule has 50 heavy (non-hydrogen) atoms. The predicted molar refractivity (Wildman–Crippen MR) is 188 cm³/mol. The Bertz CT molecular complexity index is 1980. The number of benzene rings is 3. The molecule has 3 aromatic carbocycles. The van der Waals surface area contributed by atoms with Crippen molar-refractivity contribution in [2.45, 2.75) is 44.7 Å². The Morgan fingerprint density at radius 1 is 0.940 bits per heavy atom. The van der Waals surface area contributed by atoms with Crippen molar-refractivity contribution in [1.82, 2.24) is 29.3 Å². The molecular formula is C35H37Cl2FN8O4. The van der Waals surface area contributed by atoms with Crippen LogP contribution in [0.15, 0.2) is 84.2 Å². The smallest absolute Gasteiger partial charge is 0.350 e. The Morgan fingerprint density at radius 2 is 1.62 bits per heavy atom. The molecule has 3 atom stereocenters. The number of anilines is 2. The van der Waals surface area contributed by atoms with E-state index in [4.69, 9.17) is 37.4 Å². The molecular weight excluding hydrogens is 686 g/mol. The van der Waals surface area contributed by atoms with E-state index in [1.54, 1.807) is 47.6 Å². The maximum absolute atomic E-state index is 15.3. The van der Waals surface area contributed by atoms with E-state index in [9.17, 15) is 4.79 Å². The molecule has 0 N–H and O–H groups in total. The van der Waals surface area contributed by atoms with E-state index in [1.807, 2.05) is 44.2 Å². The molecule has 2 fully saturated rings. The first kappa shape index (κ1) is 34.0. The molecule has 0 amide bonds. The molecule has 262 valence electrons. The van der Waals surface area contributed by atoms with Gasteiger partial charge in [0.05, 0.1) is 35.8 Å². The predicted octanol–water partition coefficient (Wildman–Crippen LogP) is 5.72. The standard InChI is InChI=1S/C35H37Cl2FN8O4/c1-3-24(2)46-34(47)44(23-41-46)27-7-5-26(6-8-27)42-14-16-43(17-15-42)28-9-11-33(32(38)19-28)48-20-29-21-49-35(50-29,22-45-39-12-13-40-45)30-10-4-25(36)18-31(30)37/h4-13,18-19,23-24,29H,3,14-17,20-22H2,1-2H3. The molecule has 0 aliphatic carbocycles. The van der Waals surface area contributed by atoms with Crippen LogP contribution >= 0.6 is 23.2 Å². The second-order valence-corrected chi connectivity index (χ2v) is 13.2. The van der Waals surface area contributed by atoms with E-state index >= 15 is 4.39 Å². The van der Waals surface area contributed by atoms with Crippen molar-refractivity contribution in [3.8, 4) is 11.4 Å². The molecule has 0 saturated carbocycles. The van der Waals surface area contributed by atoms with E-state index in [-0.39, 0.29) is 37.2 Å². The summed E-state index contributed by atoms with van der Waals surface area (Å²) in [6, 6.07) is 18.1. The molecule has 0 bridgehead atoms. The van der Waals surface area contributed by atoms with Crippen LogP contribution in [0.1, 0.15) is 31.9 Å². The highest BCUT2D eigenvalue weighted by Crippen LogP contribution is 2.40. The number of ether oxygens (including phenoxy) is 3. The lowest BCUT2D eigenvalue weighted by atomic mass is 10.1. The Kier molecular flexibility index (Phi) is 9.82. The largest absolute Gasteiger partial charge is 0.488 e. The number of halogens is 3. The summed E-state index contributed by atoms with van der Waals surface area (Å²) in [5.41, 5.74) is 3.05. The van der Waals surface area contributed by atoms with Crippen molar-refractivity contribution < 1.29 is 18.6 Å². The van der Waals surface area contributed by atoms with Gasteiger partial charge in [-0.15, -0.1) is 0 Å². The molecule has 2 aliphatic heterocycles. The number of hydrogen-bond donors (Lipinski definition) is 0. The van der Waals surface area contributed by atoms with E-state index in [0.29, 0.717) is 15.6 Å². The van der Waals surface area contributed by atoms with Crippen molar-refractivity contribution in [1.29, 1.82) is 0 Å². The lowest BCUT2D eigenvalue weighted by Gasteiger charge is -2.37. The van der Waals surface area contributed by atoms with Gasteiger partial charge in [-0.3, -0.25) is 0 Å². The van der Waals surface area contributed by atoms with E-state index in [1.165, 1.54) is 15.5 Å². The Hall–Kier alpha value is -4.43.